The van der Waals surface area contributed by atoms with Gasteiger partial charge in [0.2, 0.25) is 0 Å². The summed E-state index contributed by atoms with van der Waals surface area (Å²) in [7, 11) is 1.77. The molecule has 8 heteroatoms. The fourth-order valence-electron chi connectivity index (χ4n) is 2.11. The van der Waals surface area contributed by atoms with Crippen LogP contribution in [0, 0.1) is 6.92 Å². The van der Waals surface area contributed by atoms with Crippen LogP contribution in [0.1, 0.15) is 20.9 Å². The number of carboxylic acids is 1. The summed E-state index contributed by atoms with van der Waals surface area (Å²) in [5.41, 5.74) is 4.03. The maximum Gasteiger partial charge on any atom is 0.339 e. The number of anilines is 1. The Balaban J connectivity index is 2.04. The van der Waals surface area contributed by atoms with Gasteiger partial charge in [-0.15, -0.1) is 11.3 Å². The molecule has 0 saturated heterocycles. The van der Waals surface area contributed by atoms with Crippen molar-refractivity contribution in [1.29, 1.82) is 0 Å². The lowest BCUT2D eigenvalue weighted by molar-refractivity contribution is 0.0697. The Bertz CT molecular complexity index is 823. The number of carboxylic acid groups (broad SMARTS) is 1. The smallest absolute Gasteiger partial charge is 0.339 e. The second-order valence-electron chi connectivity index (χ2n) is 4.57. The molecule has 0 bridgehead atoms. The minimum Gasteiger partial charge on any atom is -0.478 e. The van der Waals surface area contributed by atoms with Crippen molar-refractivity contribution >= 4 is 34.0 Å². The summed E-state index contributed by atoms with van der Waals surface area (Å²) in [5, 5.41) is 17.3. The minimum atomic E-state index is -1.02. The van der Waals surface area contributed by atoms with Crippen LogP contribution in [0.2, 0.25) is 0 Å². The van der Waals surface area contributed by atoms with E-state index in [4.69, 9.17) is 0 Å². The number of hydrogen-bond acceptors (Lipinski definition) is 6. The molecule has 0 saturated carbocycles. The van der Waals surface area contributed by atoms with Gasteiger partial charge in [-0.3, -0.25) is 4.68 Å². The predicted molar refractivity (Wildman–Crippen MR) is 79.6 cm³/mol. The van der Waals surface area contributed by atoms with Crippen molar-refractivity contribution in [3.8, 4) is 0 Å². The Morgan fingerprint density at radius 1 is 1.43 bits per heavy atom. The van der Waals surface area contributed by atoms with Crippen LogP contribution >= 0.6 is 11.3 Å². The number of aryl methyl sites for hydroxylation is 2. The van der Waals surface area contributed by atoms with E-state index in [0.717, 1.165) is 10.6 Å². The van der Waals surface area contributed by atoms with Crippen molar-refractivity contribution in [2.45, 2.75) is 13.5 Å². The molecule has 0 atom stereocenters. The molecule has 0 aromatic carbocycles. The predicted octanol–water partition coefficient (Wildman–Crippen LogP) is 2.04. The van der Waals surface area contributed by atoms with Gasteiger partial charge in [-0.05, 0) is 6.92 Å². The molecular formula is C13H13N5O2S. The molecule has 0 unspecified atom stereocenters. The van der Waals surface area contributed by atoms with E-state index in [-0.39, 0.29) is 5.56 Å². The van der Waals surface area contributed by atoms with Gasteiger partial charge in [-0.1, -0.05) is 0 Å². The highest BCUT2D eigenvalue weighted by Gasteiger charge is 2.17. The zero-order valence-corrected chi connectivity index (χ0v) is 12.3. The normalized spacial score (nSPS) is 11.0. The molecule has 0 aliphatic heterocycles. The summed E-state index contributed by atoms with van der Waals surface area (Å²) in [6, 6.07) is 0. The maximum atomic E-state index is 11.4. The number of aromatic carboxylic acids is 1. The molecule has 0 aliphatic carbocycles. The van der Waals surface area contributed by atoms with Crippen LogP contribution in [-0.4, -0.2) is 30.8 Å². The second-order valence-corrected chi connectivity index (χ2v) is 5.51. The van der Waals surface area contributed by atoms with E-state index in [0.29, 0.717) is 23.3 Å². The molecule has 108 valence electrons. The Kier molecular flexibility index (Phi) is 3.30. The van der Waals surface area contributed by atoms with Crippen LogP contribution in [0.3, 0.4) is 0 Å². The molecule has 2 N–H and O–H groups in total. The summed E-state index contributed by atoms with van der Waals surface area (Å²) in [5.74, 6) is -1.02. The average molecular weight is 303 g/mol. The van der Waals surface area contributed by atoms with Gasteiger partial charge in [-0.25, -0.2) is 14.8 Å². The second kappa shape index (κ2) is 5.13. The first-order chi connectivity index (χ1) is 10.1. The lowest BCUT2D eigenvalue weighted by atomic mass is 10.2. The summed E-state index contributed by atoms with van der Waals surface area (Å²) < 4.78 is 1.62. The highest BCUT2D eigenvalue weighted by Crippen LogP contribution is 2.27. The first-order valence-corrected chi connectivity index (χ1v) is 7.12. The molecule has 0 radical (unpaired) electrons. The van der Waals surface area contributed by atoms with E-state index in [1.165, 1.54) is 17.5 Å². The quantitative estimate of drug-likeness (QED) is 0.766. The number of thiazole rings is 1. The Morgan fingerprint density at radius 2 is 2.24 bits per heavy atom. The van der Waals surface area contributed by atoms with Crippen molar-refractivity contribution in [3.05, 3.63) is 34.0 Å². The lowest BCUT2D eigenvalue weighted by Gasteiger charge is -2.10. The van der Waals surface area contributed by atoms with Gasteiger partial charge < -0.3 is 10.4 Å². The SMILES string of the molecule is Cc1ncsc1CNc1c(C(=O)O)cnc2c1cnn2C. The average Bonchev–Trinajstić information content (AvgIpc) is 3.03. The summed E-state index contributed by atoms with van der Waals surface area (Å²) >= 11 is 1.54. The van der Waals surface area contributed by atoms with Crippen molar-refractivity contribution in [2.75, 3.05) is 5.32 Å². The molecule has 21 heavy (non-hydrogen) atoms. The van der Waals surface area contributed by atoms with Crippen LogP contribution in [0.4, 0.5) is 5.69 Å². The van der Waals surface area contributed by atoms with Gasteiger partial charge in [0.25, 0.3) is 0 Å². The molecule has 7 nitrogen and oxygen atoms in total. The number of aromatic nitrogens is 4. The molecule has 3 heterocycles. The minimum absolute atomic E-state index is 0.137. The topological polar surface area (TPSA) is 92.9 Å². The zero-order valence-electron chi connectivity index (χ0n) is 11.5. The van der Waals surface area contributed by atoms with Crippen LogP contribution in [0.5, 0.6) is 0 Å². The van der Waals surface area contributed by atoms with Crippen LogP contribution < -0.4 is 5.32 Å². The molecule has 3 rings (SSSR count). The number of fused-ring (bicyclic) bond motifs is 1. The monoisotopic (exact) mass is 303 g/mol. The Morgan fingerprint density at radius 3 is 2.90 bits per heavy atom. The number of nitrogens with zero attached hydrogens (tertiary/aromatic N) is 4. The number of hydrogen-bond donors (Lipinski definition) is 2. The molecule has 0 fully saturated rings. The first-order valence-electron chi connectivity index (χ1n) is 6.24. The van der Waals surface area contributed by atoms with Gasteiger partial charge in [-0.2, -0.15) is 5.10 Å². The van der Waals surface area contributed by atoms with Gasteiger partial charge in [0, 0.05) is 18.1 Å². The van der Waals surface area contributed by atoms with Crippen molar-refractivity contribution in [3.63, 3.8) is 0 Å². The van der Waals surface area contributed by atoms with E-state index in [1.807, 2.05) is 6.92 Å². The van der Waals surface area contributed by atoms with Gasteiger partial charge in [0.05, 0.1) is 35.0 Å². The largest absolute Gasteiger partial charge is 0.478 e. The third kappa shape index (κ3) is 2.33. The molecule has 3 aromatic rings. The van der Waals surface area contributed by atoms with Gasteiger partial charge >= 0.3 is 5.97 Å². The molecule has 0 aliphatic rings. The van der Waals surface area contributed by atoms with E-state index in [1.54, 1.807) is 23.4 Å². The third-order valence-corrected chi connectivity index (χ3v) is 4.20. The van der Waals surface area contributed by atoms with E-state index in [9.17, 15) is 9.90 Å². The van der Waals surface area contributed by atoms with Gasteiger partial charge in [0.15, 0.2) is 5.65 Å². The molecular weight excluding hydrogens is 290 g/mol. The summed E-state index contributed by atoms with van der Waals surface area (Å²) in [6.45, 7) is 2.45. The number of pyridine rings is 1. The van der Waals surface area contributed by atoms with E-state index in [2.05, 4.69) is 20.4 Å². The van der Waals surface area contributed by atoms with Crippen molar-refractivity contribution < 1.29 is 9.90 Å². The standard InChI is InChI=1S/C13H13N5O2S/c1-7-10(21-6-16-7)5-14-11-8-4-17-18(2)12(8)15-3-9(11)13(19)20/h3-4,6H,5H2,1-2H3,(H,14,15)(H,19,20). The first kappa shape index (κ1) is 13.5. The van der Waals surface area contributed by atoms with E-state index < -0.39 is 5.97 Å². The van der Waals surface area contributed by atoms with Crippen LogP contribution in [0.25, 0.3) is 11.0 Å². The van der Waals surface area contributed by atoms with Gasteiger partial charge in [0.1, 0.15) is 5.56 Å². The summed E-state index contributed by atoms with van der Waals surface area (Å²) in [6.07, 6.45) is 2.98. The molecule has 0 spiro atoms. The molecule has 0 amide bonds. The highest BCUT2D eigenvalue weighted by molar-refractivity contribution is 7.09. The highest BCUT2D eigenvalue weighted by atomic mass is 32.1. The zero-order chi connectivity index (χ0) is 15.0. The fourth-order valence-corrected chi connectivity index (χ4v) is 2.83. The Hall–Kier alpha value is -2.48. The Labute approximate surface area is 124 Å². The number of nitrogens with one attached hydrogen (secondary N) is 1. The lowest BCUT2D eigenvalue weighted by Crippen LogP contribution is -2.08. The summed E-state index contributed by atoms with van der Waals surface area (Å²) in [4.78, 5) is 20.8. The molecule has 3 aromatic heterocycles. The number of rotatable bonds is 4. The van der Waals surface area contributed by atoms with Crippen molar-refractivity contribution in [1.82, 2.24) is 19.7 Å². The van der Waals surface area contributed by atoms with Crippen LogP contribution in [-0.2, 0) is 13.6 Å². The van der Waals surface area contributed by atoms with E-state index >= 15 is 0 Å². The maximum absolute atomic E-state index is 11.4. The number of carbonyl (C=O) groups is 1. The van der Waals surface area contributed by atoms with Crippen LogP contribution in [0.15, 0.2) is 17.9 Å². The fraction of sp³-hybridized carbons (Fsp3) is 0.231. The third-order valence-electron chi connectivity index (χ3n) is 3.26. The van der Waals surface area contributed by atoms with Crippen molar-refractivity contribution in [2.24, 2.45) is 7.05 Å².